The normalized spacial score (nSPS) is 10.2. The van der Waals surface area contributed by atoms with Crippen LogP contribution in [0.25, 0.3) is 0 Å². The zero-order valence-electron chi connectivity index (χ0n) is 10.2. The first-order chi connectivity index (χ1) is 9.19. The summed E-state index contributed by atoms with van der Waals surface area (Å²) >= 11 is 5.41. The number of carbonyl (C=O) groups excluding carboxylic acids is 1. The molecule has 0 bridgehead atoms. The zero-order chi connectivity index (χ0) is 13.7. The van der Waals surface area contributed by atoms with Gasteiger partial charge in [-0.15, -0.1) is 11.6 Å². The number of benzene rings is 1. The van der Waals surface area contributed by atoms with Gasteiger partial charge in [-0.25, -0.2) is 0 Å². The Kier molecular flexibility index (Phi) is 4.36. The number of nitrogens with one attached hydrogen (secondary N) is 1. The van der Waals surface area contributed by atoms with Crippen LogP contribution in [0.5, 0.6) is 0 Å². The molecule has 1 N–H and O–H groups in total. The van der Waals surface area contributed by atoms with Crippen molar-refractivity contribution in [1.29, 1.82) is 0 Å². The van der Waals surface area contributed by atoms with Gasteiger partial charge in [0.15, 0.2) is 0 Å². The van der Waals surface area contributed by atoms with Crippen molar-refractivity contribution in [3.63, 3.8) is 0 Å². The molecule has 0 fully saturated rings. The maximum absolute atomic E-state index is 11.6. The molecular formula is C14H13ClN2O2. The molecule has 5 heteroatoms. The van der Waals surface area contributed by atoms with Gasteiger partial charge in [0, 0.05) is 18.0 Å². The van der Waals surface area contributed by atoms with Crippen molar-refractivity contribution in [2.24, 2.45) is 0 Å². The summed E-state index contributed by atoms with van der Waals surface area (Å²) in [7, 11) is 0. The highest BCUT2D eigenvalue weighted by molar-refractivity contribution is 6.29. The van der Waals surface area contributed by atoms with E-state index in [-0.39, 0.29) is 17.3 Å². The number of rotatable bonds is 4. The molecule has 0 aliphatic carbocycles. The third-order valence-corrected chi connectivity index (χ3v) is 2.85. The van der Waals surface area contributed by atoms with E-state index in [1.807, 2.05) is 18.2 Å². The number of carbonyl (C=O) groups is 1. The lowest BCUT2D eigenvalue weighted by molar-refractivity contribution is -0.113. The second-order valence-corrected chi connectivity index (χ2v) is 4.31. The number of hydrogen-bond acceptors (Lipinski definition) is 2. The molecule has 0 spiro atoms. The maximum Gasteiger partial charge on any atom is 0.250 e. The summed E-state index contributed by atoms with van der Waals surface area (Å²) < 4.78 is 1.62. The quantitative estimate of drug-likeness (QED) is 0.869. The Hall–Kier alpha value is -2.07. The predicted molar refractivity (Wildman–Crippen MR) is 75.6 cm³/mol. The highest BCUT2D eigenvalue weighted by Gasteiger charge is 2.01. The van der Waals surface area contributed by atoms with E-state index in [2.05, 4.69) is 5.32 Å². The van der Waals surface area contributed by atoms with Crippen molar-refractivity contribution < 1.29 is 4.79 Å². The van der Waals surface area contributed by atoms with Gasteiger partial charge in [-0.1, -0.05) is 18.2 Å². The summed E-state index contributed by atoms with van der Waals surface area (Å²) in [4.78, 5) is 22.7. The van der Waals surface area contributed by atoms with Gasteiger partial charge >= 0.3 is 0 Å². The number of aromatic nitrogens is 1. The molecule has 19 heavy (non-hydrogen) atoms. The molecule has 0 atom stereocenters. The fourth-order valence-corrected chi connectivity index (χ4v) is 1.74. The standard InChI is InChI=1S/C14H13ClN2O2/c15-9-13(18)16-12-6-4-11(5-7-12)10-17-8-2-1-3-14(17)19/h1-8H,9-10H2,(H,16,18). The molecular weight excluding hydrogens is 264 g/mol. The molecule has 0 saturated heterocycles. The predicted octanol–water partition coefficient (Wildman–Crippen LogP) is 2.07. The van der Waals surface area contributed by atoms with E-state index >= 15 is 0 Å². The van der Waals surface area contributed by atoms with Crippen molar-refractivity contribution >= 4 is 23.2 Å². The molecule has 1 amide bonds. The molecule has 98 valence electrons. The number of pyridine rings is 1. The maximum atomic E-state index is 11.6. The van der Waals surface area contributed by atoms with Gasteiger partial charge < -0.3 is 9.88 Å². The van der Waals surface area contributed by atoms with Gasteiger partial charge in [-0.2, -0.15) is 0 Å². The molecule has 0 aliphatic heterocycles. The van der Waals surface area contributed by atoms with E-state index in [0.717, 1.165) is 5.56 Å². The molecule has 0 saturated carbocycles. The zero-order valence-corrected chi connectivity index (χ0v) is 10.9. The van der Waals surface area contributed by atoms with E-state index in [4.69, 9.17) is 11.6 Å². The molecule has 4 nitrogen and oxygen atoms in total. The first-order valence-electron chi connectivity index (χ1n) is 5.79. The average Bonchev–Trinajstić information content (AvgIpc) is 2.43. The Morgan fingerprint density at radius 2 is 1.89 bits per heavy atom. The largest absolute Gasteiger partial charge is 0.325 e. The average molecular weight is 277 g/mol. The number of alkyl halides is 1. The second-order valence-electron chi connectivity index (χ2n) is 4.05. The van der Waals surface area contributed by atoms with Crippen LogP contribution >= 0.6 is 11.6 Å². The van der Waals surface area contributed by atoms with Crippen LogP contribution in [-0.2, 0) is 11.3 Å². The molecule has 1 aromatic heterocycles. The first-order valence-corrected chi connectivity index (χ1v) is 6.33. The fourth-order valence-electron chi connectivity index (χ4n) is 1.68. The third kappa shape index (κ3) is 3.69. The van der Waals surface area contributed by atoms with Gasteiger partial charge in [0.05, 0.1) is 6.54 Å². The lowest BCUT2D eigenvalue weighted by Crippen LogP contribution is -2.18. The van der Waals surface area contributed by atoms with Crippen LogP contribution in [0.4, 0.5) is 5.69 Å². The molecule has 1 heterocycles. The third-order valence-electron chi connectivity index (χ3n) is 2.61. The Bertz CT molecular complexity index is 620. The van der Waals surface area contributed by atoms with Crippen molar-refractivity contribution in [3.8, 4) is 0 Å². The molecule has 0 aliphatic rings. The van der Waals surface area contributed by atoms with Gasteiger partial charge in [-0.3, -0.25) is 9.59 Å². The summed E-state index contributed by atoms with van der Waals surface area (Å²) in [5.41, 5.74) is 1.63. The number of anilines is 1. The summed E-state index contributed by atoms with van der Waals surface area (Å²) in [5.74, 6) is -0.310. The fraction of sp³-hybridized carbons (Fsp3) is 0.143. The topological polar surface area (TPSA) is 51.1 Å². The molecule has 2 aromatic rings. The van der Waals surface area contributed by atoms with Gasteiger partial charge in [0.25, 0.3) is 5.56 Å². The van der Waals surface area contributed by atoms with E-state index in [9.17, 15) is 9.59 Å². The van der Waals surface area contributed by atoms with Crippen LogP contribution < -0.4 is 10.9 Å². The summed E-state index contributed by atoms with van der Waals surface area (Å²) in [6.07, 6.45) is 1.74. The second kappa shape index (κ2) is 6.20. The number of hydrogen-bond donors (Lipinski definition) is 1. The minimum atomic E-state index is -0.242. The Morgan fingerprint density at radius 1 is 1.16 bits per heavy atom. The molecule has 0 unspecified atom stereocenters. The van der Waals surface area contributed by atoms with Crippen LogP contribution in [0.2, 0.25) is 0 Å². The first kappa shape index (κ1) is 13.4. The Labute approximate surface area is 115 Å². The molecule has 1 aromatic carbocycles. The lowest BCUT2D eigenvalue weighted by Gasteiger charge is -2.07. The van der Waals surface area contributed by atoms with Gasteiger partial charge in [0.1, 0.15) is 5.88 Å². The minimum absolute atomic E-state index is 0.0398. The lowest BCUT2D eigenvalue weighted by atomic mass is 10.2. The summed E-state index contributed by atoms with van der Waals surface area (Å²) in [5, 5.41) is 2.65. The van der Waals surface area contributed by atoms with E-state index < -0.39 is 0 Å². The Morgan fingerprint density at radius 3 is 2.53 bits per heavy atom. The van der Waals surface area contributed by atoms with Crippen molar-refractivity contribution in [2.75, 3.05) is 11.2 Å². The number of halogens is 1. The highest BCUT2D eigenvalue weighted by atomic mass is 35.5. The number of amides is 1. The van der Waals surface area contributed by atoms with Crippen LogP contribution in [0.15, 0.2) is 53.5 Å². The summed E-state index contributed by atoms with van der Waals surface area (Å²) in [6, 6.07) is 12.4. The smallest absolute Gasteiger partial charge is 0.250 e. The monoisotopic (exact) mass is 276 g/mol. The summed E-state index contributed by atoms with van der Waals surface area (Å²) in [6.45, 7) is 0.503. The SMILES string of the molecule is O=C(CCl)Nc1ccc(Cn2ccccc2=O)cc1. The van der Waals surface area contributed by atoms with E-state index in [0.29, 0.717) is 12.2 Å². The van der Waals surface area contributed by atoms with E-state index in [1.54, 1.807) is 29.0 Å². The van der Waals surface area contributed by atoms with Gasteiger partial charge in [-0.05, 0) is 23.8 Å². The minimum Gasteiger partial charge on any atom is -0.325 e. The van der Waals surface area contributed by atoms with Gasteiger partial charge in [0.2, 0.25) is 5.91 Å². The van der Waals surface area contributed by atoms with Crippen molar-refractivity contribution in [3.05, 3.63) is 64.6 Å². The van der Waals surface area contributed by atoms with Crippen LogP contribution in [0, 0.1) is 0 Å². The Balaban J connectivity index is 2.09. The molecule has 0 radical (unpaired) electrons. The van der Waals surface area contributed by atoms with Crippen LogP contribution in [0.3, 0.4) is 0 Å². The molecule has 2 rings (SSSR count). The van der Waals surface area contributed by atoms with Crippen molar-refractivity contribution in [2.45, 2.75) is 6.54 Å². The van der Waals surface area contributed by atoms with Crippen LogP contribution in [-0.4, -0.2) is 16.4 Å². The highest BCUT2D eigenvalue weighted by Crippen LogP contribution is 2.10. The number of nitrogens with zero attached hydrogens (tertiary/aromatic N) is 1. The van der Waals surface area contributed by atoms with Crippen LogP contribution in [0.1, 0.15) is 5.56 Å². The van der Waals surface area contributed by atoms with E-state index in [1.165, 1.54) is 6.07 Å². The van der Waals surface area contributed by atoms with Crippen molar-refractivity contribution in [1.82, 2.24) is 4.57 Å².